The summed E-state index contributed by atoms with van der Waals surface area (Å²) < 4.78 is 7.59. The maximum absolute atomic E-state index is 12.6. The third kappa shape index (κ3) is 3.08. The topological polar surface area (TPSA) is 56.2 Å². The van der Waals surface area contributed by atoms with Crippen molar-refractivity contribution in [2.24, 2.45) is 5.92 Å². The minimum absolute atomic E-state index is 0.0435. The number of anilines is 1. The number of amides is 1. The highest BCUT2D eigenvalue weighted by atomic mass is 16.5. The molecule has 1 N–H and O–H groups in total. The second kappa shape index (κ2) is 6.77. The summed E-state index contributed by atoms with van der Waals surface area (Å²) in [6.07, 6.45) is 7.17. The summed E-state index contributed by atoms with van der Waals surface area (Å²) in [5, 5.41) is 3.12. The van der Waals surface area contributed by atoms with Crippen LogP contribution >= 0.6 is 0 Å². The van der Waals surface area contributed by atoms with E-state index in [1.807, 2.05) is 24.3 Å². The molecule has 3 heterocycles. The molecule has 2 aliphatic heterocycles. The van der Waals surface area contributed by atoms with Crippen molar-refractivity contribution in [1.82, 2.24) is 9.55 Å². The molecule has 0 spiro atoms. The third-order valence-corrected chi connectivity index (χ3v) is 4.96. The summed E-state index contributed by atoms with van der Waals surface area (Å²) in [5.41, 5.74) is 2.80. The number of fused-ring (bicyclic) bond motifs is 1. The van der Waals surface area contributed by atoms with E-state index in [1.54, 1.807) is 0 Å². The first-order valence-corrected chi connectivity index (χ1v) is 8.85. The number of benzene rings is 1. The summed E-state index contributed by atoms with van der Waals surface area (Å²) in [5.74, 6) is 1.29. The van der Waals surface area contributed by atoms with Crippen molar-refractivity contribution < 1.29 is 9.53 Å². The number of para-hydroxylation sites is 1. The summed E-state index contributed by atoms with van der Waals surface area (Å²) >= 11 is 0. The summed E-state index contributed by atoms with van der Waals surface area (Å²) in [6.45, 7) is 2.39. The lowest BCUT2D eigenvalue weighted by Crippen LogP contribution is -2.28. The predicted molar refractivity (Wildman–Crippen MR) is 92.8 cm³/mol. The van der Waals surface area contributed by atoms with Crippen molar-refractivity contribution in [1.29, 1.82) is 0 Å². The number of nitrogens with one attached hydrogen (secondary N) is 1. The van der Waals surface area contributed by atoms with Gasteiger partial charge in [0, 0.05) is 43.9 Å². The number of rotatable bonds is 3. The van der Waals surface area contributed by atoms with Crippen molar-refractivity contribution >= 4 is 11.6 Å². The molecular weight excluding hydrogens is 302 g/mol. The predicted octanol–water partition coefficient (Wildman–Crippen LogP) is 3.25. The Kier molecular flexibility index (Phi) is 4.34. The number of carbonyl (C=O) groups is 1. The zero-order valence-corrected chi connectivity index (χ0v) is 13.8. The highest BCUT2D eigenvalue weighted by molar-refractivity contribution is 5.96. The van der Waals surface area contributed by atoms with Crippen molar-refractivity contribution in [3.8, 4) is 11.3 Å². The van der Waals surface area contributed by atoms with Gasteiger partial charge < -0.3 is 14.6 Å². The van der Waals surface area contributed by atoms with Crippen molar-refractivity contribution in [2.75, 3.05) is 18.5 Å². The first-order chi connectivity index (χ1) is 11.8. The smallest absolute Gasteiger partial charge is 0.227 e. The Hall–Kier alpha value is -2.14. The molecule has 2 aliphatic rings. The molecule has 1 aromatic carbocycles. The van der Waals surface area contributed by atoms with Gasteiger partial charge in [-0.1, -0.05) is 18.2 Å². The molecule has 0 bridgehead atoms. The maximum atomic E-state index is 12.6. The largest absolute Gasteiger partial charge is 0.381 e. The Balaban J connectivity index is 1.58. The van der Waals surface area contributed by atoms with Gasteiger partial charge in [-0.05, 0) is 31.7 Å². The van der Waals surface area contributed by atoms with Gasteiger partial charge in [-0.25, -0.2) is 4.98 Å². The van der Waals surface area contributed by atoms with Crippen molar-refractivity contribution in [3.63, 3.8) is 0 Å². The zero-order valence-electron chi connectivity index (χ0n) is 13.8. The second-order valence-electron chi connectivity index (χ2n) is 6.61. The van der Waals surface area contributed by atoms with Gasteiger partial charge in [0.05, 0.1) is 11.4 Å². The quantitative estimate of drug-likeness (QED) is 0.942. The van der Waals surface area contributed by atoms with E-state index in [9.17, 15) is 4.79 Å². The van der Waals surface area contributed by atoms with Gasteiger partial charge in [0.15, 0.2) is 0 Å². The first kappa shape index (κ1) is 15.4. The summed E-state index contributed by atoms with van der Waals surface area (Å²) in [7, 11) is 0. The van der Waals surface area contributed by atoms with Gasteiger partial charge in [0.2, 0.25) is 5.91 Å². The highest BCUT2D eigenvalue weighted by Crippen LogP contribution is 2.29. The van der Waals surface area contributed by atoms with Crippen LogP contribution in [-0.4, -0.2) is 28.7 Å². The number of hydrogen-bond acceptors (Lipinski definition) is 3. The van der Waals surface area contributed by atoms with Gasteiger partial charge in [0.1, 0.15) is 5.82 Å². The molecule has 1 aromatic heterocycles. The molecule has 0 radical (unpaired) electrons. The normalized spacial score (nSPS) is 18.2. The lowest BCUT2D eigenvalue weighted by molar-refractivity contribution is -0.122. The van der Waals surface area contributed by atoms with Gasteiger partial charge in [0.25, 0.3) is 0 Å². The average Bonchev–Trinajstić information content (AvgIpc) is 3.07. The second-order valence-corrected chi connectivity index (χ2v) is 6.61. The Bertz CT molecular complexity index is 708. The van der Waals surface area contributed by atoms with E-state index >= 15 is 0 Å². The van der Waals surface area contributed by atoms with Crippen LogP contribution in [0.5, 0.6) is 0 Å². The Morgan fingerprint density at radius 1 is 1.21 bits per heavy atom. The number of imidazole rings is 1. The fraction of sp³-hybridized carbons (Fsp3) is 0.474. The van der Waals surface area contributed by atoms with Crippen molar-refractivity contribution in [2.45, 2.75) is 38.6 Å². The van der Waals surface area contributed by atoms with E-state index in [0.717, 1.165) is 48.6 Å². The Morgan fingerprint density at radius 3 is 2.88 bits per heavy atom. The fourth-order valence-electron chi connectivity index (χ4n) is 3.55. The highest BCUT2D eigenvalue weighted by Gasteiger charge is 2.23. The summed E-state index contributed by atoms with van der Waals surface area (Å²) in [6, 6.07) is 7.95. The van der Waals surface area contributed by atoms with E-state index in [1.165, 1.54) is 12.8 Å². The Labute approximate surface area is 142 Å². The molecule has 2 aromatic rings. The van der Waals surface area contributed by atoms with Crippen LogP contribution in [0, 0.1) is 5.92 Å². The first-order valence-electron chi connectivity index (χ1n) is 8.85. The summed E-state index contributed by atoms with van der Waals surface area (Å²) in [4.78, 5) is 17.3. The molecule has 5 nitrogen and oxygen atoms in total. The van der Waals surface area contributed by atoms with E-state index in [0.29, 0.717) is 13.2 Å². The zero-order chi connectivity index (χ0) is 16.4. The van der Waals surface area contributed by atoms with E-state index in [-0.39, 0.29) is 11.8 Å². The molecule has 24 heavy (non-hydrogen) atoms. The minimum Gasteiger partial charge on any atom is -0.381 e. The van der Waals surface area contributed by atoms with E-state index in [2.05, 4.69) is 16.1 Å². The molecule has 126 valence electrons. The van der Waals surface area contributed by atoms with Gasteiger partial charge in [-0.3, -0.25) is 4.79 Å². The lowest BCUT2D eigenvalue weighted by Gasteiger charge is -2.21. The molecule has 1 amide bonds. The van der Waals surface area contributed by atoms with Crippen LogP contribution in [0.1, 0.15) is 31.5 Å². The molecule has 1 saturated heterocycles. The average molecular weight is 325 g/mol. The van der Waals surface area contributed by atoms with Crippen molar-refractivity contribution in [3.05, 3.63) is 36.3 Å². The van der Waals surface area contributed by atoms with Crippen LogP contribution in [0.25, 0.3) is 11.3 Å². The molecular formula is C19H23N3O2. The fourth-order valence-corrected chi connectivity index (χ4v) is 3.55. The molecule has 0 saturated carbocycles. The van der Waals surface area contributed by atoms with Crippen LogP contribution in [-0.2, 0) is 22.5 Å². The SMILES string of the molecule is O=C(Nc1ccccc1-c1cn2c(n1)CCCC2)C1CCOCC1. The monoisotopic (exact) mass is 325 g/mol. The maximum Gasteiger partial charge on any atom is 0.227 e. The van der Waals surface area contributed by atoms with Crippen LogP contribution in [0.2, 0.25) is 0 Å². The van der Waals surface area contributed by atoms with Crippen LogP contribution in [0.15, 0.2) is 30.5 Å². The van der Waals surface area contributed by atoms with Gasteiger partial charge in [-0.2, -0.15) is 0 Å². The van der Waals surface area contributed by atoms with Crippen LogP contribution in [0.4, 0.5) is 5.69 Å². The minimum atomic E-state index is 0.0435. The Morgan fingerprint density at radius 2 is 2.04 bits per heavy atom. The standard InChI is InChI=1S/C19H23N3O2/c23-19(14-8-11-24-12-9-14)21-16-6-2-1-5-15(16)17-13-22-10-4-3-7-18(22)20-17/h1-2,5-6,13-14H,3-4,7-12H2,(H,21,23). The van der Waals surface area contributed by atoms with E-state index < -0.39 is 0 Å². The van der Waals surface area contributed by atoms with E-state index in [4.69, 9.17) is 9.72 Å². The van der Waals surface area contributed by atoms with Gasteiger partial charge in [-0.15, -0.1) is 0 Å². The van der Waals surface area contributed by atoms with Crippen LogP contribution in [0.3, 0.4) is 0 Å². The molecule has 0 aliphatic carbocycles. The molecule has 0 unspecified atom stereocenters. The number of hydrogen-bond donors (Lipinski definition) is 1. The number of nitrogens with zero attached hydrogens (tertiary/aromatic N) is 2. The number of aryl methyl sites for hydroxylation is 2. The van der Waals surface area contributed by atoms with Crippen LogP contribution < -0.4 is 5.32 Å². The lowest BCUT2D eigenvalue weighted by atomic mass is 9.99. The molecule has 5 heteroatoms. The molecule has 0 atom stereocenters. The number of carbonyl (C=O) groups excluding carboxylic acids is 1. The molecule has 1 fully saturated rings. The number of ether oxygens (including phenoxy) is 1. The molecule has 4 rings (SSSR count). The van der Waals surface area contributed by atoms with Gasteiger partial charge >= 0.3 is 0 Å². The number of aromatic nitrogens is 2. The third-order valence-electron chi connectivity index (χ3n) is 4.96.